The monoisotopic (exact) mass is 302 g/mol. The molecule has 0 spiro atoms. The van der Waals surface area contributed by atoms with Gasteiger partial charge in [0.1, 0.15) is 11.6 Å². The predicted octanol–water partition coefficient (Wildman–Crippen LogP) is 4.26. The molecule has 0 bridgehead atoms. The van der Waals surface area contributed by atoms with Crippen LogP contribution >= 0.6 is 0 Å². The summed E-state index contributed by atoms with van der Waals surface area (Å²) in [5.41, 5.74) is 8.34. The van der Waals surface area contributed by atoms with Crippen LogP contribution in [0.5, 0.6) is 0 Å². The molecule has 1 aliphatic rings. The van der Waals surface area contributed by atoms with E-state index >= 15 is 0 Å². The van der Waals surface area contributed by atoms with Crippen molar-refractivity contribution in [2.45, 2.75) is 38.1 Å². The second-order valence-corrected chi connectivity index (χ2v) is 6.40. The van der Waals surface area contributed by atoms with Gasteiger partial charge < -0.3 is 5.73 Å². The summed E-state index contributed by atoms with van der Waals surface area (Å²) >= 11 is 0. The van der Waals surface area contributed by atoms with Crippen LogP contribution in [0, 0.1) is 17.6 Å². The second-order valence-electron chi connectivity index (χ2n) is 6.40. The van der Waals surface area contributed by atoms with Crippen molar-refractivity contribution in [3.05, 3.63) is 53.7 Å². The Bertz CT molecular complexity index is 642. The zero-order chi connectivity index (χ0) is 15.7. The van der Waals surface area contributed by atoms with Crippen LogP contribution in [-0.2, 0) is 0 Å². The first kappa shape index (κ1) is 15.1. The molecule has 0 radical (unpaired) electrons. The first-order valence-corrected chi connectivity index (χ1v) is 7.69. The number of hydrogen-bond donors (Lipinski definition) is 1. The summed E-state index contributed by atoms with van der Waals surface area (Å²) in [6.45, 7) is 2.22. The first-order valence-electron chi connectivity index (χ1n) is 7.69. The molecule has 3 atom stereocenters. The van der Waals surface area contributed by atoms with Gasteiger partial charge in [0.15, 0.2) is 0 Å². The smallest absolute Gasteiger partial charge is 0.126 e. The Labute approximate surface area is 129 Å². The van der Waals surface area contributed by atoms with Crippen LogP contribution in [0.4, 0.5) is 8.78 Å². The Balaban J connectivity index is 1.92. The van der Waals surface area contributed by atoms with E-state index in [1.54, 1.807) is 6.20 Å². The quantitative estimate of drug-likeness (QED) is 0.900. The van der Waals surface area contributed by atoms with Gasteiger partial charge in [0.05, 0.1) is 5.69 Å². The Morgan fingerprint density at radius 1 is 1.05 bits per heavy atom. The highest BCUT2D eigenvalue weighted by atomic mass is 19.1. The molecular weight excluding hydrogens is 282 g/mol. The van der Waals surface area contributed by atoms with Crippen LogP contribution in [0.15, 0.2) is 36.5 Å². The fraction of sp³-hybridized carbons (Fsp3) is 0.389. The molecule has 2 N–H and O–H groups in total. The molecule has 0 aliphatic heterocycles. The third kappa shape index (κ3) is 3.33. The number of halogens is 2. The van der Waals surface area contributed by atoms with Crippen molar-refractivity contribution in [1.29, 1.82) is 0 Å². The zero-order valence-corrected chi connectivity index (χ0v) is 12.6. The Morgan fingerprint density at radius 3 is 2.45 bits per heavy atom. The molecule has 1 saturated carbocycles. The van der Waals surface area contributed by atoms with Gasteiger partial charge in [-0.3, -0.25) is 4.98 Å². The number of aromatic nitrogens is 1. The molecule has 1 aromatic carbocycles. The SMILES string of the molecule is CC1CC(N)CC(c2ccnc(-c3cc(F)cc(F)c3)c2)C1. The zero-order valence-electron chi connectivity index (χ0n) is 12.6. The highest BCUT2D eigenvalue weighted by Gasteiger charge is 2.25. The fourth-order valence-corrected chi connectivity index (χ4v) is 3.49. The number of hydrogen-bond acceptors (Lipinski definition) is 2. The highest BCUT2D eigenvalue weighted by Crippen LogP contribution is 2.36. The molecular formula is C18H20F2N2. The minimum Gasteiger partial charge on any atom is -0.328 e. The van der Waals surface area contributed by atoms with Crippen molar-refractivity contribution in [2.75, 3.05) is 0 Å². The number of rotatable bonds is 2. The van der Waals surface area contributed by atoms with Crippen LogP contribution < -0.4 is 5.73 Å². The summed E-state index contributed by atoms with van der Waals surface area (Å²) in [4.78, 5) is 4.26. The maximum absolute atomic E-state index is 13.4. The summed E-state index contributed by atoms with van der Waals surface area (Å²) < 4.78 is 26.8. The van der Waals surface area contributed by atoms with Gasteiger partial charge in [-0.15, -0.1) is 0 Å². The minimum absolute atomic E-state index is 0.219. The molecule has 2 nitrogen and oxygen atoms in total. The maximum Gasteiger partial charge on any atom is 0.126 e. The van der Waals surface area contributed by atoms with Gasteiger partial charge in [0.25, 0.3) is 0 Å². The van der Waals surface area contributed by atoms with E-state index in [2.05, 4.69) is 11.9 Å². The van der Waals surface area contributed by atoms with Crippen molar-refractivity contribution in [2.24, 2.45) is 11.7 Å². The van der Waals surface area contributed by atoms with E-state index in [0.29, 0.717) is 23.1 Å². The lowest BCUT2D eigenvalue weighted by Gasteiger charge is -2.31. The molecule has 0 amide bonds. The van der Waals surface area contributed by atoms with E-state index in [1.807, 2.05) is 12.1 Å². The maximum atomic E-state index is 13.4. The van der Waals surface area contributed by atoms with Gasteiger partial charge in [0, 0.05) is 23.9 Å². The summed E-state index contributed by atoms with van der Waals surface area (Å²) in [7, 11) is 0. The van der Waals surface area contributed by atoms with E-state index < -0.39 is 11.6 Å². The summed E-state index contributed by atoms with van der Waals surface area (Å²) in [6, 6.07) is 7.62. The Hall–Kier alpha value is -1.81. The van der Waals surface area contributed by atoms with Crippen LogP contribution in [0.25, 0.3) is 11.3 Å². The van der Waals surface area contributed by atoms with Gasteiger partial charge in [-0.25, -0.2) is 8.78 Å². The summed E-state index contributed by atoms with van der Waals surface area (Å²) in [6.07, 6.45) is 4.81. The third-order valence-corrected chi connectivity index (χ3v) is 4.39. The molecule has 2 aromatic rings. The molecule has 1 fully saturated rings. The largest absolute Gasteiger partial charge is 0.328 e. The van der Waals surface area contributed by atoms with E-state index in [0.717, 1.165) is 30.9 Å². The minimum atomic E-state index is -0.587. The standard InChI is InChI=1S/C18H20F2N2/c1-11-4-13(8-17(21)5-11)12-2-3-22-18(9-12)14-6-15(19)10-16(20)7-14/h2-3,6-7,9-11,13,17H,4-5,8,21H2,1H3. The van der Waals surface area contributed by atoms with Crippen LogP contribution in [0.1, 0.15) is 37.7 Å². The van der Waals surface area contributed by atoms with Crippen molar-refractivity contribution in [3.8, 4) is 11.3 Å². The molecule has 3 unspecified atom stereocenters. The Morgan fingerprint density at radius 2 is 1.77 bits per heavy atom. The van der Waals surface area contributed by atoms with Crippen molar-refractivity contribution in [1.82, 2.24) is 4.98 Å². The second kappa shape index (κ2) is 6.13. The molecule has 22 heavy (non-hydrogen) atoms. The summed E-state index contributed by atoms with van der Waals surface area (Å²) in [5.74, 6) is -0.193. The van der Waals surface area contributed by atoms with Gasteiger partial charge in [-0.2, -0.15) is 0 Å². The van der Waals surface area contributed by atoms with E-state index in [4.69, 9.17) is 5.73 Å². The molecule has 1 heterocycles. The normalized spacial score (nSPS) is 25.2. The van der Waals surface area contributed by atoms with Crippen molar-refractivity contribution in [3.63, 3.8) is 0 Å². The highest BCUT2D eigenvalue weighted by molar-refractivity contribution is 5.60. The average molecular weight is 302 g/mol. The number of benzene rings is 1. The van der Waals surface area contributed by atoms with Gasteiger partial charge in [0.2, 0.25) is 0 Å². The Kier molecular flexibility index (Phi) is 4.21. The van der Waals surface area contributed by atoms with E-state index in [-0.39, 0.29) is 6.04 Å². The van der Waals surface area contributed by atoms with Gasteiger partial charge in [-0.1, -0.05) is 6.92 Å². The van der Waals surface area contributed by atoms with Crippen molar-refractivity contribution < 1.29 is 8.78 Å². The molecule has 116 valence electrons. The molecule has 1 aromatic heterocycles. The molecule has 3 rings (SSSR count). The van der Waals surface area contributed by atoms with Crippen molar-refractivity contribution >= 4 is 0 Å². The van der Waals surface area contributed by atoms with Crippen LogP contribution in [0.3, 0.4) is 0 Å². The van der Waals surface area contributed by atoms with Gasteiger partial charge in [-0.05, 0) is 60.9 Å². The lowest BCUT2D eigenvalue weighted by Crippen LogP contribution is -2.30. The third-order valence-electron chi connectivity index (χ3n) is 4.39. The lowest BCUT2D eigenvalue weighted by molar-refractivity contribution is 0.308. The van der Waals surface area contributed by atoms with E-state index in [9.17, 15) is 8.78 Å². The first-order chi connectivity index (χ1) is 10.5. The number of nitrogens with two attached hydrogens (primary N) is 1. The number of nitrogens with zero attached hydrogens (tertiary/aromatic N) is 1. The summed E-state index contributed by atoms with van der Waals surface area (Å²) in [5, 5.41) is 0. The van der Waals surface area contributed by atoms with Crippen LogP contribution in [-0.4, -0.2) is 11.0 Å². The fourth-order valence-electron chi connectivity index (χ4n) is 3.49. The molecule has 1 aliphatic carbocycles. The predicted molar refractivity (Wildman–Crippen MR) is 83.3 cm³/mol. The van der Waals surface area contributed by atoms with E-state index in [1.165, 1.54) is 12.1 Å². The van der Waals surface area contributed by atoms with Crippen LogP contribution in [0.2, 0.25) is 0 Å². The molecule has 4 heteroatoms. The van der Waals surface area contributed by atoms with Gasteiger partial charge >= 0.3 is 0 Å². The molecule has 0 saturated heterocycles. The average Bonchev–Trinajstić information content (AvgIpc) is 2.45. The topological polar surface area (TPSA) is 38.9 Å². The number of pyridine rings is 1. The lowest BCUT2D eigenvalue weighted by atomic mass is 9.76.